The summed E-state index contributed by atoms with van der Waals surface area (Å²) < 4.78 is 7.32. The molecule has 0 saturated carbocycles. The van der Waals surface area contributed by atoms with Crippen molar-refractivity contribution >= 4 is 5.95 Å². The largest absolute Gasteiger partial charge is 0.385 e. The van der Waals surface area contributed by atoms with Crippen molar-refractivity contribution in [2.24, 2.45) is 0 Å². The molecule has 0 aromatic carbocycles. The maximum Gasteiger partial charge on any atom is 0.203 e. The van der Waals surface area contributed by atoms with Gasteiger partial charge in [0.15, 0.2) is 0 Å². The smallest absolute Gasteiger partial charge is 0.203 e. The Morgan fingerprint density at radius 3 is 3.05 bits per heavy atom. The molecular weight excluding hydrogens is 252 g/mol. The SMILES string of the molecule is COCCCn1cc(C)nc1NCC1CCCCN1C. The summed E-state index contributed by atoms with van der Waals surface area (Å²) in [5, 5.41) is 3.53. The molecule has 1 saturated heterocycles. The third-order valence-corrected chi connectivity index (χ3v) is 4.06. The summed E-state index contributed by atoms with van der Waals surface area (Å²) in [6, 6.07) is 0.633. The van der Waals surface area contributed by atoms with Crippen LogP contribution in [0.2, 0.25) is 0 Å². The van der Waals surface area contributed by atoms with Gasteiger partial charge in [0.1, 0.15) is 0 Å². The molecule has 0 spiro atoms. The number of methoxy groups -OCH3 is 1. The highest BCUT2D eigenvalue weighted by molar-refractivity contribution is 5.29. The molecule has 114 valence electrons. The van der Waals surface area contributed by atoms with E-state index in [-0.39, 0.29) is 0 Å². The molecule has 5 nitrogen and oxygen atoms in total. The minimum absolute atomic E-state index is 0.633. The molecule has 20 heavy (non-hydrogen) atoms. The number of hydrogen-bond acceptors (Lipinski definition) is 4. The lowest BCUT2D eigenvalue weighted by Gasteiger charge is -2.32. The van der Waals surface area contributed by atoms with Crippen molar-refractivity contribution in [1.82, 2.24) is 14.5 Å². The Balaban J connectivity index is 1.87. The Hall–Kier alpha value is -1.07. The Labute approximate surface area is 122 Å². The lowest BCUT2D eigenvalue weighted by Crippen LogP contribution is -2.41. The second kappa shape index (κ2) is 7.64. The standard InChI is InChI=1S/C15H28N4O/c1-13-12-19(9-6-10-20-3)15(17-13)16-11-14-7-4-5-8-18(14)2/h12,14H,4-11H2,1-3H3,(H,16,17). The number of likely N-dealkylation sites (tertiary alicyclic amines) is 1. The number of anilines is 1. The van der Waals surface area contributed by atoms with Crippen LogP contribution in [0.5, 0.6) is 0 Å². The molecule has 0 amide bonds. The van der Waals surface area contributed by atoms with Crippen LogP contribution < -0.4 is 5.32 Å². The van der Waals surface area contributed by atoms with Gasteiger partial charge in [-0.05, 0) is 39.8 Å². The Morgan fingerprint density at radius 2 is 2.30 bits per heavy atom. The van der Waals surface area contributed by atoms with E-state index >= 15 is 0 Å². The predicted octanol–water partition coefficient (Wildman–Crippen LogP) is 2.12. The second-order valence-corrected chi connectivity index (χ2v) is 5.76. The first-order valence-corrected chi connectivity index (χ1v) is 7.67. The van der Waals surface area contributed by atoms with Gasteiger partial charge in [-0.15, -0.1) is 0 Å². The summed E-state index contributed by atoms with van der Waals surface area (Å²) in [6.07, 6.45) is 7.09. The number of nitrogens with one attached hydrogen (secondary N) is 1. The minimum atomic E-state index is 0.633. The van der Waals surface area contributed by atoms with Crippen LogP contribution in [0.1, 0.15) is 31.4 Å². The average molecular weight is 280 g/mol. The topological polar surface area (TPSA) is 42.3 Å². The molecule has 1 fully saturated rings. The van der Waals surface area contributed by atoms with Gasteiger partial charge in [0.25, 0.3) is 0 Å². The lowest BCUT2D eigenvalue weighted by molar-refractivity contribution is 0.190. The molecule has 1 aliphatic heterocycles. The van der Waals surface area contributed by atoms with E-state index in [2.05, 4.69) is 33.0 Å². The summed E-state index contributed by atoms with van der Waals surface area (Å²) in [5.74, 6) is 0.998. The van der Waals surface area contributed by atoms with Crippen molar-refractivity contribution in [2.75, 3.05) is 39.2 Å². The summed E-state index contributed by atoms with van der Waals surface area (Å²) in [5.41, 5.74) is 1.07. The number of ether oxygens (including phenoxy) is 1. The highest BCUT2D eigenvalue weighted by atomic mass is 16.5. The zero-order valence-corrected chi connectivity index (χ0v) is 13.1. The minimum Gasteiger partial charge on any atom is -0.385 e. The van der Waals surface area contributed by atoms with Gasteiger partial charge in [-0.3, -0.25) is 0 Å². The fourth-order valence-corrected chi connectivity index (χ4v) is 2.85. The van der Waals surface area contributed by atoms with E-state index in [1.54, 1.807) is 7.11 Å². The van der Waals surface area contributed by atoms with Crippen molar-refractivity contribution in [3.05, 3.63) is 11.9 Å². The van der Waals surface area contributed by atoms with E-state index in [4.69, 9.17) is 4.74 Å². The fraction of sp³-hybridized carbons (Fsp3) is 0.800. The van der Waals surface area contributed by atoms with Crippen LogP contribution in [-0.2, 0) is 11.3 Å². The van der Waals surface area contributed by atoms with Crippen molar-refractivity contribution in [3.63, 3.8) is 0 Å². The van der Waals surface area contributed by atoms with Crippen LogP contribution in [0.3, 0.4) is 0 Å². The van der Waals surface area contributed by atoms with E-state index in [0.717, 1.165) is 37.8 Å². The zero-order chi connectivity index (χ0) is 14.4. The van der Waals surface area contributed by atoms with Crippen LogP contribution in [0.25, 0.3) is 0 Å². The first-order chi connectivity index (χ1) is 9.70. The van der Waals surface area contributed by atoms with Gasteiger partial charge < -0.3 is 19.5 Å². The Morgan fingerprint density at radius 1 is 1.45 bits per heavy atom. The van der Waals surface area contributed by atoms with Crippen LogP contribution in [0, 0.1) is 6.92 Å². The van der Waals surface area contributed by atoms with Gasteiger partial charge in [-0.2, -0.15) is 0 Å². The van der Waals surface area contributed by atoms with Gasteiger partial charge >= 0.3 is 0 Å². The second-order valence-electron chi connectivity index (χ2n) is 5.76. The van der Waals surface area contributed by atoms with E-state index in [9.17, 15) is 0 Å². The van der Waals surface area contributed by atoms with Crippen molar-refractivity contribution in [3.8, 4) is 0 Å². The van der Waals surface area contributed by atoms with Crippen molar-refractivity contribution < 1.29 is 4.74 Å². The van der Waals surface area contributed by atoms with Gasteiger partial charge in [-0.25, -0.2) is 4.98 Å². The summed E-state index contributed by atoms with van der Waals surface area (Å²) in [6.45, 7) is 6.00. The van der Waals surface area contributed by atoms with Gasteiger partial charge in [0, 0.05) is 39.0 Å². The van der Waals surface area contributed by atoms with E-state index < -0.39 is 0 Å². The highest BCUT2D eigenvalue weighted by Gasteiger charge is 2.19. The number of nitrogens with zero attached hydrogens (tertiary/aromatic N) is 3. The first-order valence-electron chi connectivity index (χ1n) is 7.67. The quantitative estimate of drug-likeness (QED) is 0.777. The van der Waals surface area contributed by atoms with Gasteiger partial charge in [0.05, 0.1) is 5.69 Å². The molecule has 1 atom stereocenters. The third-order valence-electron chi connectivity index (χ3n) is 4.06. The Kier molecular flexibility index (Phi) is 5.86. The number of likely N-dealkylation sites (N-methyl/N-ethyl adjacent to an activating group) is 1. The molecule has 1 aliphatic rings. The molecule has 0 bridgehead atoms. The summed E-state index contributed by atoms with van der Waals surface area (Å²) in [4.78, 5) is 7.05. The fourth-order valence-electron chi connectivity index (χ4n) is 2.85. The predicted molar refractivity (Wildman–Crippen MR) is 82.2 cm³/mol. The van der Waals surface area contributed by atoms with Crippen LogP contribution in [0.4, 0.5) is 5.95 Å². The van der Waals surface area contributed by atoms with E-state index in [0.29, 0.717) is 6.04 Å². The van der Waals surface area contributed by atoms with Gasteiger partial charge in [0.2, 0.25) is 5.95 Å². The molecule has 1 N–H and O–H groups in total. The summed E-state index contributed by atoms with van der Waals surface area (Å²) >= 11 is 0. The molecule has 0 radical (unpaired) electrons. The van der Waals surface area contributed by atoms with Crippen LogP contribution >= 0.6 is 0 Å². The Bertz CT molecular complexity index is 405. The van der Waals surface area contributed by atoms with Crippen LogP contribution in [0.15, 0.2) is 6.20 Å². The van der Waals surface area contributed by atoms with E-state index in [1.165, 1.54) is 25.8 Å². The maximum atomic E-state index is 5.12. The number of aryl methyl sites for hydroxylation is 2. The van der Waals surface area contributed by atoms with Crippen molar-refractivity contribution in [2.45, 2.75) is 45.2 Å². The molecule has 1 aromatic rings. The van der Waals surface area contributed by atoms with E-state index in [1.807, 2.05) is 6.92 Å². The number of hydrogen-bond donors (Lipinski definition) is 1. The summed E-state index contributed by atoms with van der Waals surface area (Å²) in [7, 11) is 3.97. The molecular formula is C15H28N4O. The number of rotatable bonds is 7. The maximum absolute atomic E-state index is 5.12. The number of aromatic nitrogens is 2. The molecule has 2 heterocycles. The monoisotopic (exact) mass is 280 g/mol. The average Bonchev–Trinajstić information content (AvgIpc) is 2.78. The number of imidazole rings is 1. The lowest BCUT2D eigenvalue weighted by atomic mass is 10.0. The molecule has 5 heteroatoms. The van der Waals surface area contributed by atoms with Crippen LogP contribution in [-0.4, -0.2) is 54.3 Å². The number of piperidine rings is 1. The highest BCUT2D eigenvalue weighted by Crippen LogP contribution is 2.16. The third kappa shape index (κ3) is 4.21. The molecule has 2 rings (SSSR count). The van der Waals surface area contributed by atoms with Gasteiger partial charge in [-0.1, -0.05) is 6.42 Å². The normalized spacial score (nSPS) is 20.2. The van der Waals surface area contributed by atoms with Crippen molar-refractivity contribution in [1.29, 1.82) is 0 Å². The zero-order valence-electron chi connectivity index (χ0n) is 13.1. The molecule has 1 aromatic heterocycles. The molecule has 0 aliphatic carbocycles. The first kappa shape index (κ1) is 15.3. The molecule has 1 unspecified atom stereocenters.